The quantitative estimate of drug-likeness (QED) is 0.741. The summed E-state index contributed by atoms with van der Waals surface area (Å²) < 4.78 is 37.6. The molecule has 0 saturated heterocycles. The van der Waals surface area contributed by atoms with E-state index in [-0.39, 0.29) is 24.0 Å². The lowest BCUT2D eigenvalue weighted by Gasteiger charge is -2.24. The molecule has 0 saturated carbocycles. The van der Waals surface area contributed by atoms with Crippen molar-refractivity contribution in [1.29, 1.82) is 0 Å². The van der Waals surface area contributed by atoms with E-state index in [9.17, 15) is 13.2 Å². The number of aliphatic hydroxyl groups excluding tert-OH is 1. The van der Waals surface area contributed by atoms with E-state index in [1.165, 1.54) is 6.20 Å². The van der Waals surface area contributed by atoms with Crippen molar-refractivity contribution in [3.8, 4) is 0 Å². The Bertz CT molecular complexity index is 569. The van der Waals surface area contributed by atoms with Gasteiger partial charge in [-0.05, 0) is 0 Å². The van der Waals surface area contributed by atoms with Gasteiger partial charge in [0.2, 0.25) is 5.95 Å². The second-order valence-corrected chi connectivity index (χ2v) is 3.80. The van der Waals surface area contributed by atoms with E-state index in [2.05, 4.69) is 20.2 Å². The fourth-order valence-corrected chi connectivity index (χ4v) is 1.67. The van der Waals surface area contributed by atoms with Crippen LogP contribution in [0.3, 0.4) is 0 Å². The molecule has 4 N–H and O–H groups in total. The molecule has 19 heavy (non-hydrogen) atoms. The van der Waals surface area contributed by atoms with Gasteiger partial charge in [-0.1, -0.05) is 0 Å². The van der Waals surface area contributed by atoms with E-state index in [4.69, 9.17) is 10.8 Å². The molecule has 0 fully saturated rings. The first-order chi connectivity index (χ1) is 8.90. The standard InChI is InChI=1S/C9H11F3N6O/c10-9(11,12)4-18(1-2-19)7-5-3-14-17-6(5)15-8(13)16-7/h3,19H,1-2,4H2,(H3,13,14,15,16,17). The van der Waals surface area contributed by atoms with Crippen molar-refractivity contribution >= 4 is 22.8 Å². The largest absolute Gasteiger partial charge is 0.405 e. The second kappa shape index (κ2) is 4.88. The van der Waals surface area contributed by atoms with Gasteiger partial charge in [-0.2, -0.15) is 28.2 Å². The number of nitrogens with zero attached hydrogens (tertiary/aromatic N) is 4. The fourth-order valence-electron chi connectivity index (χ4n) is 1.67. The fraction of sp³-hybridized carbons (Fsp3) is 0.444. The van der Waals surface area contributed by atoms with Crippen LogP contribution >= 0.6 is 0 Å². The van der Waals surface area contributed by atoms with Crippen molar-refractivity contribution in [2.24, 2.45) is 0 Å². The third kappa shape index (κ3) is 3.02. The zero-order valence-electron chi connectivity index (χ0n) is 9.65. The van der Waals surface area contributed by atoms with Crippen LogP contribution in [0.4, 0.5) is 24.9 Å². The van der Waals surface area contributed by atoms with E-state index in [0.717, 1.165) is 4.90 Å². The highest BCUT2D eigenvalue weighted by Crippen LogP contribution is 2.26. The van der Waals surface area contributed by atoms with E-state index >= 15 is 0 Å². The minimum atomic E-state index is -4.43. The molecule has 7 nitrogen and oxygen atoms in total. The summed E-state index contributed by atoms with van der Waals surface area (Å²) in [7, 11) is 0. The number of aromatic nitrogens is 4. The van der Waals surface area contributed by atoms with Gasteiger partial charge in [-0.3, -0.25) is 5.10 Å². The zero-order chi connectivity index (χ0) is 14.0. The van der Waals surface area contributed by atoms with Crippen molar-refractivity contribution < 1.29 is 18.3 Å². The molecule has 2 rings (SSSR count). The molecule has 0 atom stereocenters. The van der Waals surface area contributed by atoms with Crippen molar-refractivity contribution in [3.63, 3.8) is 0 Å². The lowest BCUT2D eigenvalue weighted by Crippen LogP contribution is -2.37. The van der Waals surface area contributed by atoms with Gasteiger partial charge in [0.05, 0.1) is 18.2 Å². The summed E-state index contributed by atoms with van der Waals surface area (Å²) in [5, 5.41) is 15.4. The molecule has 0 aliphatic carbocycles. The molecule has 0 bridgehead atoms. The number of aromatic amines is 1. The van der Waals surface area contributed by atoms with Crippen LogP contribution in [0.25, 0.3) is 11.0 Å². The highest BCUT2D eigenvalue weighted by atomic mass is 19.4. The lowest BCUT2D eigenvalue weighted by atomic mass is 10.3. The molecule has 2 aromatic heterocycles. The van der Waals surface area contributed by atoms with Gasteiger partial charge in [-0.25, -0.2) is 0 Å². The molecule has 104 valence electrons. The molecule has 2 aromatic rings. The number of fused-ring (bicyclic) bond motifs is 1. The Morgan fingerprint density at radius 1 is 1.37 bits per heavy atom. The summed E-state index contributed by atoms with van der Waals surface area (Å²) in [4.78, 5) is 8.50. The van der Waals surface area contributed by atoms with Crippen molar-refractivity contribution in [3.05, 3.63) is 6.20 Å². The number of aliphatic hydroxyl groups is 1. The average Bonchev–Trinajstić information content (AvgIpc) is 2.73. The Kier molecular flexibility index (Phi) is 3.42. The van der Waals surface area contributed by atoms with Crippen LogP contribution in [-0.4, -0.2) is 51.1 Å². The normalized spacial score (nSPS) is 12.0. The number of nitrogen functional groups attached to an aromatic ring is 1. The van der Waals surface area contributed by atoms with Crippen molar-refractivity contribution in [2.45, 2.75) is 6.18 Å². The van der Waals surface area contributed by atoms with E-state index < -0.39 is 19.3 Å². The van der Waals surface area contributed by atoms with Gasteiger partial charge in [0.15, 0.2) is 5.65 Å². The molecular formula is C9H11F3N6O. The summed E-state index contributed by atoms with van der Waals surface area (Å²) >= 11 is 0. The van der Waals surface area contributed by atoms with Gasteiger partial charge in [-0.15, -0.1) is 0 Å². The molecule has 0 spiro atoms. The summed E-state index contributed by atoms with van der Waals surface area (Å²) in [6.45, 7) is -1.92. The number of halogens is 3. The Morgan fingerprint density at radius 3 is 2.74 bits per heavy atom. The monoisotopic (exact) mass is 276 g/mol. The molecular weight excluding hydrogens is 265 g/mol. The van der Waals surface area contributed by atoms with Crippen LogP contribution in [0.2, 0.25) is 0 Å². The van der Waals surface area contributed by atoms with Crippen LogP contribution in [0, 0.1) is 0 Å². The van der Waals surface area contributed by atoms with Crippen LogP contribution in [-0.2, 0) is 0 Å². The van der Waals surface area contributed by atoms with Crippen LogP contribution in [0.15, 0.2) is 6.20 Å². The molecule has 0 unspecified atom stereocenters. The number of anilines is 2. The van der Waals surface area contributed by atoms with E-state index in [1.807, 2.05) is 0 Å². The first-order valence-electron chi connectivity index (χ1n) is 5.30. The summed E-state index contributed by atoms with van der Waals surface area (Å²) in [5.41, 5.74) is 5.68. The maximum atomic E-state index is 12.5. The molecule has 0 radical (unpaired) electrons. The summed E-state index contributed by atoms with van der Waals surface area (Å²) in [6, 6.07) is 0. The molecule has 0 aromatic carbocycles. The Hall–Kier alpha value is -2.10. The van der Waals surface area contributed by atoms with Crippen molar-refractivity contribution in [2.75, 3.05) is 30.3 Å². The first kappa shape index (κ1) is 13.3. The topological polar surface area (TPSA) is 104 Å². The Labute approximate surface area is 105 Å². The Morgan fingerprint density at radius 2 is 2.11 bits per heavy atom. The number of rotatable bonds is 4. The minimum Gasteiger partial charge on any atom is -0.395 e. The maximum absolute atomic E-state index is 12.5. The number of hydrogen-bond donors (Lipinski definition) is 3. The van der Waals surface area contributed by atoms with Gasteiger partial charge in [0.1, 0.15) is 12.4 Å². The molecule has 0 amide bonds. The van der Waals surface area contributed by atoms with Crippen molar-refractivity contribution in [1.82, 2.24) is 20.2 Å². The third-order valence-corrected chi connectivity index (χ3v) is 2.35. The second-order valence-electron chi connectivity index (χ2n) is 3.80. The predicted molar refractivity (Wildman–Crippen MR) is 61.4 cm³/mol. The number of alkyl halides is 3. The summed E-state index contributed by atoms with van der Waals surface area (Å²) in [6.07, 6.45) is -3.12. The van der Waals surface area contributed by atoms with Crippen LogP contribution < -0.4 is 10.6 Å². The number of nitrogens with one attached hydrogen (secondary N) is 1. The van der Waals surface area contributed by atoms with Crippen LogP contribution in [0.1, 0.15) is 0 Å². The number of H-pyrrole nitrogens is 1. The lowest BCUT2D eigenvalue weighted by molar-refractivity contribution is -0.119. The predicted octanol–water partition coefficient (Wildman–Crippen LogP) is 0.296. The highest BCUT2D eigenvalue weighted by Gasteiger charge is 2.32. The maximum Gasteiger partial charge on any atom is 0.405 e. The molecule has 0 aliphatic heterocycles. The third-order valence-electron chi connectivity index (χ3n) is 2.35. The number of hydrogen-bond acceptors (Lipinski definition) is 6. The smallest absolute Gasteiger partial charge is 0.395 e. The van der Waals surface area contributed by atoms with Gasteiger partial charge >= 0.3 is 6.18 Å². The highest BCUT2D eigenvalue weighted by molar-refractivity contribution is 5.87. The zero-order valence-corrected chi connectivity index (χ0v) is 9.65. The first-order valence-corrected chi connectivity index (χ1v) is 5.30. The van der Waals surface area contributed by atoms with Crippen LogP contribution in [0.5, 0.6) is 0 Å². The van der Waals surface area contributed by atoms with Gasteiger partial charge in [0, 0.05) is 6.54 Å². The van der Waals surface area contributed by atoms with E-state index in [1.54, 1.807) is 0 Å². The average molecular weight is 276 g/mol. The number of nitrogens with two attached hydrogens (primary N) is 1. The SMILES string of the molecule is Nc1nc(N(CCO)CC(F)(F)F)c2cn[nH]c2n1. The van der Waals surface area contributed by atoms with Gasteiger partial charge < -0.3 is 15.7 Å². The Balaban J connectivity index is 2.45. The molecule has 2 heterocycles. The van der Waals surface area contributed by atoms with Gasteiger partial charge in [0.25, 0.3) is 0 Å². The van der Waals surface area contributed by atoms with E-state index in [0.29, 0.717) is 5.39 Å². The minimum absolute atomic E-state index is 0.0115. The molecule has 0 aliphatic rings. The molecule has 10 heteroatoms. The summed E-state index contributed by atoms with van der Waals surface area (Å²) in [5.74, 6) is -0.181.